The van der Waals surface area contributed by atoms with Gasteiger partial charge in [0, 0.05) is 29.4 Å². The number of fused-ring (bicyclic) bond motifs is 1. The normalized spacial score (nSPS) is 11.0. The zero-order valence-electron chi connectivity index (χ0n) is 12.8. The molecule has 4 heteroatoms. The van der Waals surface area contributed by atoms with Crippen LogP contribution >= 0.6 is 11.3 Å². The van der Waals surface area contributed by atoms with Gasteiger partial charge in [-0.15, -0.1) is 11.3 Å². The molecule has 114 valence electrons. The standard InChI is InChI=1S/C18H21N3S/c1-2-11-19-12-10-15-13-22-18(20-15)21-17-9-5-7-14-6-3-4-8-16(14)17/h3-9,13,19H,2,10-12H2,1H3,(H,20,21). The van der Waals surface area contributed by atoms with E-state index in [4.69, 9.17) is 0 Å². The summed E-state index contributed by atoms with van der Waals surface area (Å²) in [6.07, 6.45) is 2.15. The van der Waals surface area contributed by atoms with Crippen molar-refractivity contribution in [1.29, 1.82) is 0 Å². The van der Waals surface area contributed by atoms with Gasteiger partial charge in [-0.05, 0) is 24.4 Å². The van der Waals surface area contributed by atoms with Crippen molar-refractivity contribution >= 4 is 32.9 Å². The number of benzene rings is 2. The van der Waals surface area contributed by atoms with E-state index in [1.54, 1.807) is 11.3 Å². The highest BCUT2D eigenvalue weighted by Gasteiger charge is 2.05. The summed E-state index contributed by atoms with van der Waals surface area (Å²) >= 11 is 1.67. The van der Waals surface area contributed by atoms with Crippen molar-refractivity contribution in [3.63, 3.8) is 0 Å². The Balaban J connectivity index is 1.69. The number of hydrogen-bond donors (Lipinski definition) is 2. The zero-order chi connectivity index (χ0) is 15.2. The van der Waals surface area contributed by atoms with Gasteiger partial charge in [0.05, 0.1) is 5.69 Å². The van der Waals surface area contributed by atoms with Gasteiger partial charge in [-0.3, -0.25) is 0 Å². The summed E-state index contributed by atoms with van der Waals surface area (Å²) < 4.78 is 0. The minimum Gasteiger partial charge on any atom is -0.331 e. The lowest BCUT2D eigenvalue weighted by molar-refractivity contribution is 0.667. The molecule has 2 N–H and O–H groups in total. The SMILES string of the molecule is CCCNCCc1csc(Nc2cccc3ccccc23)n1. The minimum absolute atomic E-state index is 0.960. The van der Waals surface area contributed by atoms with Crippen molar-refractivity contribution in [3.05, 3.63) is 53.5 Å². The van der Waals surface area contributed by atoms with Crippen molar-refractivity contribution < 1.29 is 0 Å². The van der Waals surface area contributed by atoms with Crippen LogP contribution in [0.3, 0.4) is 0 Å². The molecule has 0 amide bonds. The fourth-order valence-corrected chi connectivity index (χ4v) is 3.20. The number of rotatable bonds is 7. The average Bonchev–Trinajstić information content (AvgIpc) is 2.99. The van der Waals surface area contributed by atoms with E-state index in [1.165, 1.54) is 17.2 Å². The summed E-state index contributed by atoms with van der Waals surface area (Å²) in [6, 6.07) is 14.7. The fraction of sp³-hybridized carbons (Fsp3) is 0.278. The van der Waals surface area contributed by atoms with Gasteiger partial charge < -0.3 is 10.6 Å². The number of nitrogens with zero attached hydrogens (tertiary/aromatic N) is 1. The molecular weight excluding hydrogens is 290 g/mol. The molecule has 0 saturated carbocycles. The monoisotopic (exact) mass is 311 g/mol. The Kier molecular flexibility index (Phi) is 5.03. The molecule has 3 nitrogen and oxygen atoms in total. The van der Waals surface area contributed by atoms with E-state index >= 15 is 0 Å². The number of aromatic nitrogens is 1. The summed E-state index contributed by atoms with van der Waals surface area (Å²) in [5.41, 5.74) is 2.26. The molecule has 0 bridgehead atoms. The van der Waals surface area contributed by atoms with Crippen LogP contribution in [0.25, 0.3) is 10.8 Å². The molecule has 3 aromatic rings. The highest BCUT2D eigenvalue weighted by Crippen LogP contribution is 2.27. The molecule has 0 aliphatic heterocycles. The Morgan fingerprint density at radius 1 is 1.05 bits per heavy atom. The molecule has 3 rings (SSSR count). The van der Waals surface area contributed by atoms with Gasteiger partial charge in [-0.1, -0.05) is 43.3 Å². The van der Waals surface area contributed by atoms with Crippen molar-refractivity contribution in [1.82, 2.24) is 10.3 Å². The number of thiazole rings is 1. The van der Waals surface area contributed by atoms with Crippen molar-refractivity contribution in [2.24, 2.45) is 0 Å². The smallest absolute Gasteiger partial charge is 0.187 e. The molecule has 0 radical (unpaired) electrons. The molecule has 0 spiro atoms. The van der Waals surface area contributed by atoms with Crippen LogP contribution in [0, 0.1) is 0 Å². The Hall–Kier alpha value is -1.91. The van der Waals surface area contributed by atoms with Crippen LogP contribution in [-0.4, -0.2) is 18.1 Å². The lowest BCUT2D eigenvalue weighted by Gasteiger charge is -2.07. The lowest BCUT2D eigenvalue weighted by Crippen LogP contribution is -2.17. The summed E-state index contributed by atoms with van der Waals surface area (Å²) in [7, 11) is 0. The third-order valence-electron chi connectivity index (χ3n) is 3.57. The first-order valence-electron chi connectivity index (χ1n) is 7.76. The Morgan fingerprint density at radius 2 is 1.91 bits per heavy atom. The minimum atomic E-state index is 0.960. The molecule has 0 atom stereocenters. The maximum atomic E-state index is 4.68. The summed E-state index contributed by atoms with van der Waals surface area (Å²) in [5, 5.41) is 12.4. The summed E-state index contributed by atoms with van der Waals surface area (Å²) in [4.78, 5) is 4.68. The molecule has 2 aromatic carbocycles. The third kappa shape index (κ3) is 3.64. The van der Waals surface area contributed by atoms with E-state index < -0.39 is 0 Å². The maximum Gasteiger partial charge on any atom is 0.187 e. The average molecular weight is 311 g/mol. The molecule has 0 unspecified atom stereocenters. The molecule has 1 heterocycles. The molecule has 1 aromatic heterocycles. The third-order valence-corrected chi connectivity index (χ3v) is 4.37. The van der Waals surface area contributed by atoms with Crippen LogP contribution in [-0.2, 0) is 6.42 Å². The molecule has 0 fully saturated rings. The van der Waals surface area contributed by atoms with E-state index in [2.05, 4.69) is 70.4 Å². The van der Waals surface area contributed by atoms with Crippen LogP contribution < -0.4 is 10.6 Å². The highest BCUT2D eigenvalue weighted by atomic mass is 32.1. The van der Waals surface area contributed by atoms with Gasteiger partial charge in [0.15, 0.2) is 5.13 Å². The second-order valence-electron chi connectivity index (χ2n) is 5.30. The van der Waals surface area contributed by atoms with Crippen molar-refractivity contribution in [2.75, 3.05) is 18.4 Å². The van der Waals surface area contributed by atoms with E-state index in [9.17, 15) is 0 Å². The van der Waals surface area contributed by atoms with Gasteiger partial charge >= 0.3 is 0 Å². The van der Waals surface area contributed by atoms with Crippen molar-refractivity contribution in [2.45, 2.75) is 19.8 Å². The van der Waals surface area contributed by atoms with Crippen LogP contribution in [0.4, 0.5) is 10.8 Å². The van der Waals surface area contributed by atoms with Crippen molar-refractivity contribution in [3.8, 4) is 0 Å². The molecule has 0 aliphatic carbocycles. The van der Waals surface area contributed by atoms with E-state index in [-0.39, 0.29) is 0 Å². The van der Waals surface area contributed by atoms with Crippen LogP contribution in [0.1, 0.15) is 19.0 Å². The van der Waals surface area contributed by atoms with E-state index in [0.717, 1.165) is 36.0 Å². The highest BCUT2D eigenvalue weighted by molar-refractivity contribution is 7.13. The second kappa shape index (κ2) is 7.38. The van der Waals surface area contributed by atoms with Gasteiger partial charge in [0.2, 0.25) is 0 Å². The first-order chi connectivity index (χ1) is 10.9. The molecule has 22 heavy (non-hydrogen) atoms. The number of hydrogen-bond acceptors (Lipinski definition) is 4. The largest absolute Gasteiger partial charge is 0.331 e. The fourth-order valence-electron chi connectivity index (χ4n) is 2.45. The van der Waals surface area contributed by atoms with Crippen LogP contribution in [0.15, 0.2) is 47.8 Å². The Labute approximate surface area is 135 Å². The maximum absolute atomic E-state index is 4.68. The zero-order valence-corrected chi connectivity index (χ0v) is 13.6. The summed E-state index contributed by atoms with van der Waals surface area (Å²) in [6.45, 7) is 4.25. The van der Waals surface area contributed by atoms with E-state index in [1.807, 2.05) is 0 Å². The van der Waals surface area contributed by atoms with Crippen LogP contribution in [0.5, 0.6) is 0 Å². The Morgan fingerprint density at radius 3 is 2.82 bits per heavy atom. The molecule has 0 saturated heterocycles. The number of nitrogens with one attached hydrogen (secondary N) is 2. The molecular formula is C18H21N3S. The molecule has 0 aliphatic rings. The topological polar surface area (TPSA) is 37.0 Å². The first-order valence-corrected chi connectivity index (χ1v) is 8.64. The van der Waals surface area contributed by atoms with E-state index in [0.29, 0.717) is 0 Å². The number of anilines is 2. The van der Waals surface area contributed by atoms with Crippen LogP contribution in [0.2, 0.25) is 0 Å². The van der Waals surface area contributed by atoms with Gasteiger partial charge in [-0.2, -0.15) is 0 Å². The quantitative estimate of drug-likeness (QED) is 0.627. The second-order valence-corrected chi connectivity index (χ2v) is 6.15. The summed E-state index contributed by atoms with van der Waals surface area (Å²) in [5.74, 6) is 0. The predicted octanol–water partition coefficient (Wildman–Crippen LogP) is 4.58. The first kappa shape index (κ1) is 15.0. The van der Waals surface area contributed by atoms with Gasteiger partial charge in [-0.25, -0.2) is 4.98 Å². The predicted molar refractivity (Wildman–Crippen MR) is 96.2 cm³/mol. The lowest BCUT2D eigenvalue weighted by atomic mass is 10.1. The Bertz CT molecular complexity index is 731. The van der Waals surface area contributed by atoms with Gasteiger partial charge in [0.1, 0.15) is 0 Å². The van der Waals surface area contributed by atoms with Gasteiger partial charge in [0.25, 0.3) is 0 Å².